The zero-order valence-electron chi connectivity index (χ0n) is 19.3. The van der Waals surface area contributed by atoms with Crippen molar-refractivity contribution in [2.75, 3.05) is 34.5 Å². The van der Waals surface area contributed by atoms with Crippen LogP contribution in [0.1, 0.15) is 12.8 Å². The maximum absolute atomic E-state index is 12.0. The molecule has 12 heteroatoms. The van der Waals surface area contributed by atoms with Crippen LogP contribution in [0.2, 0.25) is 51.9 Å². The first-order chi connectivity index (χ1) is 12.7. The molecular formula is C16H40O8Si4. The van der Waals surface area contributed by atoms with Gasteiger partial charge >= 0.3 is 23.6 Å². The largest absolute Gasteiger partial charge is 0.500 e. The van der Waals surface area contributed by atoms with Crippen LogP contribution in [-0.2, 0) is 35.5 Å². The monoisotopic (exact) mass is 472 g/mol. The molecule has 0 N–H and O–H groups in total. The topological polar surface area (TPSA) is 81.7 Å². The SMILES string of the molecule is CO[Si](CCCOC(=O)CCO[Si](C)(O[Si](C)(C)C)O[Si](C)(C)C)(OC)OC. The van der Waals surface area contributed by atoms with E-state index >= 15 is 0 Å². The molecule has 0 aromatic rings. The van der Waals surface area contributed by atoms with Gasteiger partial charge in [-0.2, -0.15) is 0 Å². The zero-order chi connectivity index (χ0) is 22.1. The number of carbonyl (C=O) groups excluding carboxylic acids is 1. The van der Waals surface area contributed by atoms with Crippen LogP contribution in [0.15, 0.2) is 0 Å². The van der Waals surface area contributed by atoms with Gasteiger partial charge in [0.2, 0.25) is 0 Å². The summed E-state index contributed by atoms with van der Waals surface area (Å²) in [4.78, 5) is 12.0. The summed E-state index contributed by atoms with van der Waals surface area (Å²) in [5.41, 5.74) is 0. The lowest BCUT2D eigenvalue weighted by Crippen LogP contribution is -2.55. The molecule has 0 rings (SSSR count). The molecule has 0 aliphatic heterocycles. The fraction of sp³-hybridized carbons (Fsp3) is 0.938. The van der Waals surface area contributed by atoms with Crippen molar-refractivity contribution in [3.05, 3.63) is 0 Å². The van der Waals surface area contributed by atoms with Gasteiger partial charge in [-0.1, -0.05) is 0 Å². The smallest absolute Gasteiger partial charge is 0.466 e. The first kappa shape index (κ1) is 28.1. The summed E-state index contributed by atoms with van der Waals surface area (Å²) in [6.07, 6.45) is 0.770. The molecule has 0 atom stereocenters. The molecule has 28 heavy (non-hydrogen) atoms. The van der Waals surface area contributed by atoms with Crippen LogP contribution in [0.5, 0.6) is 0 Å². The van der Waals surface area contributed by atoms with E-state index in [9.17, 15) is 4.79 Å². The summed E-state index contributed by atoms with van der Waals surface area (Å²) < 4.78 is 39.7. The molecule has 0 aromatic carbocycles. The van der Waals surface area contributed by atoms with Gasteiger partial charge in [0.15, 0.2) is 16.6 Å². The average Bonchev–Trinajstić information content (AvgIpc) is 2.52. The summed E-state index contributed by atoms with van der Waals surface area (Å²) in [5, 5.41) is 0. The molecule has 0 saturated carbocycles. The quantitative estimate of drug-likeness (QED) is 0.203. The Bertz CT molecular complexity index is 436. The number of ether oxygens (including phenoxy) is 1. The predicted molar refractivity (Wildman–Crippen MR) is 118 cm³/mol. The van der Waals surface area contributed by atoms with Gasteiger partial charge in [0.25, 0.3) is 0 Å². The molecule has 0 radical (unpaired) electrons. The number of hydrogen-bond donors (Lipinski definition) is 0. The Balaban J connectivity index is 4.41. The van der Waals surface area contributed by atoms with E-state index in [0.29, 0.717) is 12.5 Å². The van der Waals surface area contributed by atoms with E-state index in [2.05, 4.69) is 39.3 Å². The van der Waals surface area contributed by atoms with E-state index in [1.807, 2.05) is 6.55 Å². The average molecular weight is 473 g/mol. The van der Waals surface area contributed by atoms with Gasteiger partial charge in [-0.3, -0.25) is 4.79 Å². The lowest BCUT2D eigenvalue weighted by molar-refractivity contribution is -0.144. The highest BCUT2D eigenvalue weighted by Gasteiger charge is 2.43. The van der Waals surface area contributed by atoms with Crippen molar-refractivity contribution in [1.29, 1.82) is 0 Å². The first-order valence-electron chi connectivity index (χ1n) is 9.55. The van der Waals surface area contributed by atoms with E-state index in [4.69, 9.17) is 30.7 Å². The normalized spacial score (nSPS) is 13.6. The molecule has 0 aromatic heterocycles. The van der Waals surface area contributed by atoms with Crippen molar-refractivity contribution in [3.8, 4) is 0 Å². The molecule has 0 saturated heterocycles. The summed E-state index contributed by atoms with van der Waals surface area (Å²) in [7, 11) is -4.40. The molecule has 0 fully saturated rings. The fourth-order valence-electron chi connectivity index (χ4n) is 2.61. The lowest BCUT2D eigenvalue weighted by Gasteiger charge is -2.37. The maximum Gasteiger partial charge on any atom is 0.500 e. The van der Waals surface area contributed by atoms with E-state index in [-0.39, 0.29) is 25.6 Å². The van der Waals surface area contributed by atoms with Crippen LogP contribution in [0, 0.1) is 0 Å². The van der Waals surface area contributed by atoms with Crippen molar-refractivity contribution in [2.24, 2.45) is 0 Å². The van der Waals surface area contributed by atoms with Crippen molar-refractivity contribution in [2.45, 2.75) is 64.7 Å². The Labute approximate surface area is 175 Å². The van der Waals surface area contributed by atoms with Crippen LogP contribution in [0.4, 0.5) is 0 Å². The third kappa shape index (κ3) is 12.6. The highest BCUT2D eigenvalue weighted by molar-refractivity contribution is 6.85. The lowest BCUT2D eigenvalue weighted by atomic mass is 10.4. The second kappa shape index (κ2) is 12.1. The molecule has 0 aliphatic carbocycles. The first-order valence-corrected chi connectivity index (χ1v) is 20.5. The standard InChI is InChI=1S/C16H40O8Si4/c1-18-28(19-2,20-3)15-11-13-21-16(17)12-14-22-27(10,23-25(4,5)6)24-26(7,8)9/h11-15H2,1-10H3. The highest BCUT2D eigenvalue weighted by Crippen LogP contribution is 2.22. The molecule has 0 aliphatic rings. The molecule has 0 heterocycles. The summed E-state index contributed by atoms with van der Waals surface area (Å²) >= 11 is 0. The minimum atomic E-state index is -2.79. The number of hydrogen-bond acceptors (Lipinski definition) is 8. The minimum absolute atomic E-state index is 0.161. The van der Waals surface area contributed by atoms with Gasteiger partial charge in [-0.05, 0) is 45.7 Å². The van der Waals surface area contributed by atoms with Crippen molar-refractivity contribution < 1.29 is 35.5 Å². The van der Waals surface area contributed by atoms with Gasteiger partial charge in [0.05, 0.1) is 13.0 Å². The van der Waals surface area contributed by atoms with Crippen LogP contribution in [0.3, 0.4) is 0 Å². The second-order valence-electron chi connectivity index (χ2n) is 8.51. The fourth-order valence-corrected chi connectivity index (χ4v) is 14.7. The molecule has 8 nitrogen and oxygen atoms in total. The number of carbonyl (C=O) groups is 1. The van der Waals surface area contributed by atoms with E-state index < -0.39 is 34.2 Å². The van der Waals surface area contributed by atoms with Gasteiger partial charge in [0, 0.05) is 40.5 Å². The Morgan fingerprint density at radius 3 is 1.61 bits per heavy atom. The summed E-state index contributed by atoms with van der Waals surface area (Å²) in [6.45, 7) is 15.1. The van der Waals surface area contributed by atoms with Crippen LogP contribution in [0.25, 0.3) is 0 Å². The molecule has 0 spiro atoms. The van der Waals surface area contributed by atoms with Gasteiger partial charge in [0.1, 0.15) is 0 Å². The molecular weight excluding hydrogens is 433 g/mol. The van der Waals surface area contributed by atoms with Gasteiger partial charge < -0.3 is 30.7 Å². The Hall–Kier alpha value is 0.0975. The van der Waals surface area contributed by atoms with Crippen molar-refractivity contribution in [3.63, 3.8) is 0 Å². The zero-order valence-corrected chi connectivity index (χ0v) is 23.3. The predicted octanol–water partition coefficient (Wildman–Crippen LogP) is 3.48. The van der Waals surface area contributed by atoms with E-state index in [0.717, 1.165) is 0 Å². The van der Waals surface area contributed by atoms with Gasteiger partial charge in [-0.25, -0.2) is 0 Å². The van der Waals surface area contributed by atoms with Crippen LogP contribution >= 0.6 is 0 Å². The van der Waals surface area contributed by atoms with E-state index in [1.54, 1.807) is 21.3 Å². The number of rotatable bonds is 15. The Kier molecular flexibility index (Phi) is 12.1. The third-order valence-corrected chi connectivity index (χ3v) is 14.9. The minimum Gasteiger partial charge on any atom is -0.466 e. The van der Waals surface area contributed by atoms with Crippen LogP contribution < -0.4 is 0 Å². The van der Waals surface area contributed by atoms with Crippen molar-refractivity contribution >= 4 is 40.2 Å². The number of esters is 1. The van der Waals surface area contributed by atoms with E-state index in [1.165, 1.54) is 0 Å². The van der Waals surface area contributed by atoms with Crippen molar-refractivity contribution in [1.82, 2.24) is 0 Å². The maximum atomic E-state index is 12.0. The van der Waals surface area contributed by atoms with Crippen LogP contribution in [-0.4, -0.2) is 74.8 Å². The summed E-state index contributed by atoms with van der Waals surface area (Å²) in [5.74, 6) is -0.308. The molecule has 168 valence electrons. The van der Waals surface area contributed by atoms with Gasteiger partial charge in [-0.15, -0.1) is 0 Å². The molecule has 0 unspecified atom stereocenters. The third-order valence-electron chi connectivity index (χ3n) is 3.48. The molecule has 0 bridgehead atoms. The second-order valence-corrected chi connectivity index (χ2v) is 23.7. The Morgan fingerprint density at radius 2 is 1.21 bits per heavy atom. The highest BCUT2D eigenvalue weighted by atomic mass is 28.5. The molecule has 0 amide bonds. The summed E-state index contributed by atoms with van der Waals surface area (Å²) in [6, 6.07) is 0.583. The Morgan fingerprint density at radius 1 is 0.750 bits per heavy atom.